The fourth-order valence-electron chi connectivity index (χ4n) is 1.09. The first-order chi connectivity index (χ1) is 6.61. The first-order valence-corrected chi connectivity index (χ1v) is 3.90. The topological polar surface area (TPSA) is 51.6 Å². The van der Waals surface area contributed by atoms with E-state index in [4.69, 9.17) is 9.84 Å². The molecule has 0 saturated heterocycles. The van der Waals surface area contributed by atoms with Crippen molar-refractivity contribution in [2.24, 2.45) is 0 Å². The lowest BCUT2D eigenvalue weighted by atomic mass is 10.3. The van der Waals surface area contributed by atoms with Crippen LogP contribution in [0.15, 0.2) is 12.3 Å². The van der Waals surface area contributed by atoms with Crippen molar-refractivity contribution in [1.29, 1.82) is 0 Å². The third-order valence-electron chi connectivity index (χ3n) is 1.71. The maximum Gasteiger partial charge on any atom is 0.433 e. The van der Waals surface area contributed by atoms with Crippen LogP contribution >= 0.6 is 0 Å². The summed E-state index contributed by atoms with van der Waals surface area (Å²) in [4.78, 5) is 3.76. The Morgan fingerprint density at radius 3 is 3.00 bits per heavy atom. The second kappa shape index (κ2) is 3.06. The van der Waals surface area contributed by atoms with E-state index in [0.717, 1.165) is 0 Å². The smallest absolute Gasteiger partial charge is 0.433 e. The zero-order chi connectivity index (χ0) is 10.2. The molecule has 0 bridgehead atoms. The van der Waals surface area contributed by atoms with Gasteiger partial charge in [0.1, 0.15) is 0 Å². The van der Waals surface area contributed by atoms with Gasteiger partial charge in [0, 0.05) is 6.07 Å². The van der Waals surface area contributed by atoms with E-state index < -0.39 is 12.7 Å². The van der Waals surface area contributed by atoms with Crippen molar-refractivity contribution in [2.45, 2.75) is 12.7 Å². The molecule has 0 unspecified atom stereocenters. The van der Waals surface area contributed by atoms with Gasteiger partial charge in [-0.3, -0.25) is 4.98 Å². The number of aromatic nitrogens is 1. The Morgan fingerprint density at radius 1 is 1.50 bits per heavy atom. The maximum atomic E-state index is 12.7. The maximum absolute atomic E-state index is 12.7. The average Bonchev–Trinajstić information content (AvgIpc) is 2.15. The molecule has 0 aromatic carbocycles. The van der Waals surface area contributed by atoms with Gasteiger partial charge in [-0.25, -0.2) is 0 Å². The van der Waals surface area contributed by atoms with E-state index in [-0.39, 0.29) is 23.8 Å². The number of fused-ring (bicyclic) bond motifs is 1. The molecule has 6 heteroatoms. The van der Waals surface area contributed by atoms with Gasteiger partial charge in [-0.2, -0.15) is 8.78 Å². The van der Waals surface area contributed by atoms with Crippen LogP contribution in [0.2, 0.25) is 0 Å². The molecule has 1 aliphatic rings. The van der Waals surface area contributed by atoms with Gasteiger partial charge in [0.15, 0.2) is 18.1 Å². The molecule has 0 amide bonds. The van der Waals surface area contributed by atoms with Crippen LogP contribution in [-0.4, -0.2) is 22.8 Å². The Morgan fingerprint density at radius 2 is 2.29 bits per heavy atom. The van der Waals surface area contributed by atoms with Crippen molar-refractivity contribution in [2.75, 3.05) is 6.61 Å². The van der Waals surface area contributed by atoms with Gasteiger partial charge in [0.25, 0.3) is 0 Å². The van der Waals surface area contributed by atoms with Crippen LogP contribution in [0.5, 0.6) is 11.5 Å². The van der Waals surface area contributed by atoms with Crippen molar-refractivity contribution in [3.05, 3.63) is 18.0 Å². The van der Waals surface area contributed by atoms with E-state index in [1.165, 1.54) is 12.3 Å². The van der Waals surface area contributed by atoms with Crippen molar-refractivity contribution < 1.29 is 23.4 Å². The highest BCUT2D eigenvalue weighted by Gasteiger charge is 2.38. The molecule has 1 aromatic rings. The third kappa shape index (κ3) is 1.60. The zero-order valence-electron chi connectivity index (χ0n) is 7.04. The average molecular weight is 203 g/mol. The van der Waals surface area contributed by atoms with E-state index in [0.29, 0.717) is 0 Å². The van der Waals surface area contributed by atoms with Crippen LogP contribution in [0, 0.1) is 0 Å². The lowest BCUT2D eigenvalue weighted by molar-refractivity contribution is -0.209. The standard InChI is InChI=1S/C8H7F2NO3/c9-8(10)4-13-7-2-11-5(3-12)1-6(7)14-8/h1-2,12H,3-4H2. The Labute approximate surface area is 78.1 Å². The second-order valence-corrected chi connectivity index (χ2v) is 2.81. The van der Waals surface area contributed by atoms with E-state index in [1.807, 2.05) is 0 Å². The Kier molecular flexibility index (Phi) is 1.99. The molecule has 0 spiro atoms. The van der Waals surface area contributed by atoms with Crippen molar-refractivity contribution in [1.82, 2.24) is 4.98 Å². The van der Waals surface area contributed by atoms with Gasteiger partial charge < -0.3 is 14.6 Å². The number of rotatable bonds is 1. The molecule has 2 rings (SSSR count). The SMILES string of the molecule is OCc1cc2c(cn1)OCC(F)(F)O2. The highest BCUT2D eigenvalue weighted by molar-refractivity contribution is 5.40. The van der Waals surface area contributed by atoms with Gasteiger partial charge in [0.2, 0.25) is 0 Å². The lowest BCUT2D eigenvalue weighted by Crippen LogP contribution is -2.36. The molecule has 2 heterocycles. The highest BCUT2D eigenvalue weighted by Crippen LogP contribution is 2.36. The number of nitrogens with zero attached hydrogens (tertiary/aromatic N) is 1. The summed E-state index contributed by atoms with van der Waals surface area (Å²) in [6.45, 7) is -1.15. The van der Waals surface area contributed by atoms with Gasteiger partial charge in [0.05, 0.1) is 18.5 Å². The minimum absolute atomic E-state index is 0.0969. The Balaban J connectivity index is 2.34. The van der Waals surface area contributed by atoms with Crippen molar-refractivity contribution in [3.63, 3.8) is 0 Å². The number of ether oxygens (including phenoxy) is 2. The minimum Gasteiger partial charge on any atom is -0.478 e. The second-order valence-electron chi connectivity index (χ2n) is 2.81. The van der Waals surface area contributed by atoms with E-state index in [9.17, 15) is 8.78 Å². The van der Waals surface area contributed by atoms with E-state index in [2.05, 4.69) is 9.72 Å². The molecule has 1 aromatic heterocycles. The normalized spacial score (nSPS) is 17.9. The van der Waals surface area contributed by atoms with Gasteiger partial charge in [-0.05, 0) is 0 Å². The number of pyridine rings is 1. The predicted molar refractivity (Wildman–Crippen MR) is 41.2 cm³/mol. The molecule has 0 radical (unpaired) electrons. The number of aliphatic hydroxyl groups is 1. The monoisotopic (exact) mass is 203 g/mol. The summed E-state index contributed by atoms with van der Waals surface area (Å²) < 4.78 is 34.4. The molecule has 0 fully saturated rings. The highest BCUT2D eigenvalue weighted by atomic mass is 19.3. The predicted octanol–water partition coefficient (Wildman–Crippen LogP) is 0.938. The van der Waals surface area contributed by atoms with Crippen LogP contribution in [0.4, 0.5) is 8.78 Å². The summed E-state index contributed by atoms with van der Waals surface area (Å²) in [6, 6.07) is 1.22. The summed E-state index contributed by atoms with van der Waals surface area (Å²) >= 11 is 0. The third-order valence-corrected chi connectivity index (χ3v) is 1.71. The number of halogens is 2. The molecule has 0 saturated carbocycles. The molecule has 4 nitrogen and oxygen atoms in total. The van der Waals surface area contributed by atoms with E-state index in [1.54, 1.807) is 0 Å². The molecular weight excluding hydrogens is 196 g/mol. The molecule has 0 atom stereocenters. The van der Waals surface area contributed by atoms with Crippen molar-refractivity contribution in [3.8, 4) is 11.5 Å². The van der Waals surface area contributed by atoms with Crippen LogP contribution in [0.25, 0.3) is 0 Å². The summed E-state index contributed by atoms with van der Waals surface area (Å²) in [6.07, 6.45) is -2.07. The van der Waals surface area contributed by atoms with Gasteiger partial charge >= 0.3 is 6.11 Å². The molecule has 1 N–H and O–H groups in total. The number of hydrogen-bond donors (Lipinski definition) is 1. The van der Waals surface area contributed by atoms with Crippen LogP contribution in [0.3, 0.4) is 0 Å². The van der Waals surface area contributed by atoms with Crippen LogP contribution in [0.1, 0.15) is 5.69 Å². The largest absolute Gasteiger partial charge is 0.478 e. The number of hydrogen-bond acceptors (Lipinski definition) is 4. The van der Waals surface area contributed by atoms with Gasteiger partial charge in [-0.1, -0.05) is 0 Å². The number of alkyl halides is 2. The lowest BCUT2D eigenvalue weighted by Gasteiger charge is -2.25. The first kappa shape index (κ1) is 9.14. The molecule has 1 aliphatic heterocycles. The fourth-order valence-corrected chi connectivity index (χ4v) is 1.09. The zero-order valence-corrected chi connectivity index (χ0v) is 7.04. The van der Waals surface area contributed by atoms with Gasteiger partial charge in [-0.15, -0.1) is 0 Å². The Hall–Kier alpha value is -1.43. The molecule has 14 heavy (non-hydrogen) atoms. The van der Waals surface area contributed by atoms with Crippen molar-refractivity contribution >= 4 is 0 Å². The molecule has 0 aliphatic carbocycles. The first-order valence-electron chi connectivity index (χ1n) is 3.90. The summed E-state index contributed by atoms with van der Waals surface area (Å²) in [5.74, 6) is 0.0634. The summed E-state index contributed by atoms with van der Waals surface area (Å²) in [7, 11) is 0. The molecular formula is C8H7F2NO3. The summed E-state index contributed by atoms with van der Waals surface area (Å²) in [5, 5.41) is 8.72. The fraction of sp³-hybridized carbons (Fsp3) is 0.375. The quantitative estimate of drug-likeness (QED) is 0.737. The van der Waals surface area contributed by atoms with Crippen LogP contribution < -0.4 is 9.47 Å². The Bertz CT molecular complexity index is 356. The minimum atomic E-state index is -3.32. The van der Waals surface area contributed by atoms with E-state index >= 15 is 0 Å². The summed E-state index contributed by atoms with van der Waals surface area (Å²) in [5.41, 5.74) is 0.255. The number of aliphatic hydroxyl groups excluding tert-OH is 1. The van der Waals surface area contributed by atoms with Crippen LogP contribution in [-0.2, 0) is 6.61 Å². The molecule has 76 valence electrons.